The monoisotopic (exact) mass is 502 g/mol. The molecule has 4 heteroatoms. The number of pyridine rings is 1. The van der Waals surface area contributed by atoms with Crippen LogP contribution in [-0.2, 0) is 0 Å². The van der Waals surface area contributed by atoms with Crippen LogP contribution in [0, 0.1) is 0 Å². The van der Waals surface area contributed by atoms with Gasteiger partial charge in [0.15, 0.2) is 0 Å². The Hall–Kier alpha value is -5.22. The SMILES string of the molecule is C/C=C\N=C/c1cc2ccccc2n1-c1ccc(-c2ccc(-n3c4ccccc4c4ccncc43)cc2)cc1. The second-order valence-corrected chi connectivity index (χ2v) is 9.56. The molecule has 4 aromatic carbocycles. The second-order valence-electron chi connectivity index (χ2n) is 9.56. The largest absolute Gasteiger partial charge is 0.308 e. The molecular weight excluding hydrogens is 476 g/mol. The average Bonchev–Trinajstić information content (AvgIpc) is 3.53. The Morgan fingerprint density at radius 1 is 0.641 bits per heavy atom. The van der Waals surface area contributed by atoms with Crippen molar-refractivity contribution < 1.29 is 0 Å². The molecule has 0 N–H and O–H groups in total. The van der Waals surface area contributed by atoms with Crippen LogP contribution in [-0.4, -0.2) is 20.3 Å². The molecule has 0 radical (unpaired) electrons. The van der Waals surface area contributed by atoms with E-state index in [-0.39, 0.29) is 0 Å². The lowest BCUT2D eigenvalue weighted by molar-refractivity contribution is 1.11. The van der Waals surface area contributed by atoms with Crippen molar-refractivity contribution in [2.75, 3.05) is 0 Å². The van der Waals surface area contributed by atoms with E-state index in [0.717, 1.165) is 28.1 Å². The standard InChI is InChI=1S/C35H26N4/c1-2-20-36-23-30-22-27-7-3-5-9-33(27)38(30)28-15-11-25(12-16-28)26-13-17-29(18-14-26)39-34-10-6-4-8-31(34)32-19-21-37-24-35(32)39/h2-24H,1H3/b20-2-,36-23-. The summed E-state index contributed by atoms with van der Waals surface area (Å²) in [5, 5.41) is 3.65. The molecule has 0 aliphatic carbocycles. The summed E-state index contributed by atoms with van der Waals surface area (Å²) in [6.45, 7) is 1.97. The quantitative estimate of drug-likeness (QED) is 0.217. The van der Waals surface area contributed by atoms with E-state index in [1.807, 2.05) is 37.8 Å². The lowest BCUT2D eigenvalue weighted by Gasteiger charge is -2.11. The van der Waals surface area contributed by atoms with Crippen LogP contribution in [0.2, 0.25) is 0 Å². The molecule has 7 rings (SSSR count). The Balaban J connectivity index is 1.25. The van der Waals surface area contributed by atoms with Crippen molar-refractivity contribution >= 4 is 38.9 Å². The summed E-state index contributed by atoms with van der Waals surface area (Å²) in [5.41, 5.74) is 9.10. The number of nitrogens with zero attached hydrogens (tertiary/aromatic N) is 4. The van der Waals surface area contributed by atoms with E-state index in [0.29, 0.717) is 0 Å². The molecule has 0 spiro atoms. The number of fused-ring (bicyclic) bond motifs is 4. The minimum atomic E-state index is 1.05. The smallest absolute Gasteiger partial charge is 0.0724 e. The van der Waals surface area contributed by atoms with Crippen molar-refractivity contribution in [3.63, 3.8) is 0 Å². The minimum Gasteiger partial charge on any atom is -0.308 e. The van der Waals surface area contributed by atoms with Gasteiger partial charge in [-0.1, -0.05) is 66.7 Å². The summed E-state index contributed by atoms with van der Waals surface area (Å²) < 4.78 is 4.55. The van der Waals surface area contributed by atoms with Crippen molar-refractivity contribution in [3.8, 4) is 22.5 Å². The molecule has 0 fully saturated rings. The van der Waals surface area contributed by atoms with Crippen LogP contribution in [0.1, 0.15) is 12.6 Å². The topological polar surface area (TPSA) is 35.1 Å². The summed E-state index contributed by atoms with van der Waals surface area (Å²) in [6.07, 6.45) is 9.47. The van der Waals surface area contributed by atoms with Gasteiger partial charge in [0.2, 0.25) is 0 Å². The van der Waals surface area contributed by atoms with E-state index in [1.165, 1.54) is 32.8 Å². The molecule has 0 saturated carbocycles. The first kappa shape index (κ1) is 22.9. The number of aromatic nitrogens is 3. The zero-order valence-corrected chi connectivity index (χ0v) is 21.6. The van der Waals surface area contributed by atoms with Gasteiger partial charge in [-0.3, -0.25) is 9.98 Å². The first-order chi connectivity index (χ1) is 19.3. The van der Waals surface area contributed by atoms with E-state index in [4.69, 9.17) is 0 Å². The Labute approximate surface area is 226 Å². The summed E-state index contributed by atoms with van der Waals surface area (Å²) in [6, 6.07) is 38.8. The van der Waals surface area contributed by atoms with Crippen LogP contribution >= 0.6 is 0 Å². The number of hydrogen-bond acceptors (Lipinski definition) is 2. The molecular formula is C35H26N4. The van der Waals surface area contributed by atoms with Gasteiger partial charge in [-0.2, -0.15) is 0 Å². The summed E-state index contributed by atoms with van der Waals surface area (Å²) >= 11 is 0. The Morgan fingerprint density at radius 3 is 2.03 bits per heavy atom. The molecule has 3 heterocycles. The highest BCUT2D eigenvalue weighted by atomic mass is 15.0. The zero-order valence-electron chi connectivity index (χ0n) is 21.6. The number of rotatable bonds is 5. The highest BCUT2D eigenvalue weighted by Gasteiger charge is 2.12. The predicted octanol–water partition coefficient (Wildman–Crippen LogP) is 8.74. The normalized spacial score (nSPS) is 12.0. The number of para-hydroxylation sites is 2. The fraction of sp³-hybridized carbons (Fsp3) is 0.0286. The zero-order chi connectivity index (χ0) is 26.2. The summed E-state index contributed by atoms with van der Waals surface area (Å²) in [7, 11) is 0. The van der Waals surface area contributed by atoms with E-state index in [9.17, 15) is 0 Å². The molecule has 0 saturated heterocycles. The van der Waals surface area contributed by atoms with Gasteiger partial charge in [0.1, 0.15) is 0 Å². The van der Waals surface area contributed by atoms with Crippen LogP contribution < -0.4 is 0 Å². The fourth-order valence-corrected chi connectivity index (χ4v) is 5.47. The Kier molecular flexibility index (Phi) is 5.64. The first-order valence-electron chi connectivity index (χ1n) is 13.1. The molecule has 0 aliphatic rings. The third-order valence-electron chi connectivity index (χ3n) is 7.24. The maximum absolute atomic E-state index is 4.44. The van der Waals surface area contributed by atoms with Crippen LogP contribution in [0.3, 0.4) is 0 Å². The maximum Gasteiger partial charge on any atom is 0.0724 e. The summed E-state index contributed by atoms with van der Waals surface area (Å²) in [5.74, 6) is 0. The first-order valence-corrected chi connectivity index (χ1v) is 13.1. The van der Waals surface area contributed by atoms with Gasteiger partial charge in [-0.25, -0.2) is 0 Å². The van der Waals surface area contributed by atoms with Crippen molar-refractivity contribution in [2.24, 2.45) is 4.99 Å². The molecule has 3 aromatic heterocycles. The highest BCUT2D eigenvalue weighted by Crippen LogP contribution is 2.32. The molecule has 0 bridgehead atoms. The van der Waals surface area contributed by atoms with Gasteiger partial charge in [-0.15, -0.1) is 0 Å². The average molecular weight is 503 g/mol. The van der Waals surface area contributed by atoms with Crippen LogP contribution in [0.4, 0.5) is 0 Å². The van der Waals surface area contributed by atoms with Crippen LogP contribution in [0.25, 0.3) is 55.2 Å². The Bertz CT molecular complexity index is 1950. The Morgan fingerprint density at radius 2 is 1.28 bits per heavy atom. The number of hydrogen-bond donors (Lipinski definition) is 0. The van der Waals surface area contributed by atoms with Gasteiger partial charge in [0.25, 0.3) is 0 Å². The molecule has 186 valence electrons. The van der Waals surface area contributed by atoms with Gasteiger partial charge >= 0.3 is 0 Å². The number of aliphatic imine (C=N–C) groups is 1. The second kappa shape index (κ2) is 9.58. The van der Waals surface area contributed by atoms with Crippen molar-refractivity contribution in [2.45, 2.75) is 6.92 Å². The van der Waals surface area contributed by atoms with Crippen molar-refractivity contribution in [1.29, 1.82) is 0 Å². The molecule has 0 amide bonds. The predicted molar refractivity (Wildman–Crippen MR) is 163 cm³/mol. The van der Waals surface area contributed by atoms with Gasteiger partial charge in [-0.05, 0) is 66.6 Å². The van der Waals surface area contributed by atoms with Crippen LogP contribution in [0.5, 0.6) is 0 Å². The van der Waals surface area contributed by atoms with E-state index in [2.05, 4.69) is 128 Å². The van der Waals surface area contributed by atoms with Gasteiger partial charge in [0.05, 0.1) is 34.7 Å². The fourth-order valence-electron chi connectivity index (χ4n) is 5.47. The van der Waals surface area contributed by atoms with E-state index >= 15 is 0 Å². The van der Waals surface area contributed by atoms with Gasteiger partial charge < -0.3 is 9.13 Å². The highest BCUT2D eigenvalue weighted by molar-refractivity contribution is 6.08. The van der Waals surface area contributed by atoms with Crippen LogP contribution in [0.15, 0.2) is 139 Å². The minimum absolute atomic E-state index is 1.05. The third-order valence-corrected chi connectivity index (χ3v) is 7.24. The molecule has 0 atom stereocenters. The number of benzene rings is 4. The molecule has 4 nitrogen and oxygen atoms in total. The lowest BCUT2D eigenvalue weighted by Crippen LogP contribution is -1.99. The lowest BCUT2D eigenvalue weighted by atomic mass is 10.0. The molecule has 7 aromatic rings. The van der Waals surface area contributed by atoms with Crippen molar-refractivity contribution in [3.05, 3.63) is 140 Å². The molecule has 0 aliphatic heterocycles. The van der Waals surface area contributed by atoms with E-state index < -0.39 is 0 Å². The summed E-state index contributed by atoms with van der Waals surface area (Å²) in [4.78, 5) is 8.84. The molecule has 0 unspecified atom stereocenters. The van der Waals surface area contributed by atoms with E-state index in [1.54, 1.807) is 0 Å². The maximum atomic E-state index is 4.44. The number of allylic oxidation sites excluding steroid dienone is 1. The molecule has 39 heavy (non-hydrogen) atoms. The third kappa shape index (κ3) is 3.94. The van der Waals surface area contributed by atoms with Gasteiger partial charge in [0, 0.05) is 39.9 Å². The van der Waals surface area contributed by atoms with Crippen molar-refractivity contribution in [1.82, 2.24) is 14.1 Å².